The molecule has 1 aliphatic rings. The molecule has 18 heavy (non-hydrogen) atoms. The molecular formula is C17H19N. The van der Waals surface area contributed by atoms with Crippen LogP contribution in [0.5, 0.6) is 0 Å². The van der Waals surface area contributed by atoms with Crippen LogP contribution >= 0.6 is 0 Å². The van der Waals surface area contributed by atoms with Crippen LogP contribution in [0.2, 0.25) is 0 Å². The highest BCUT2D eigenvalue weighted by molar-refractivity contribution is 5.61. The van der Waals surface area contributed by atoms with E-state index in [9.17, 15) is 0 Å². The van der Waals surface area contributed by atoms with E-state index < -0.39 is 0 Å². The molecule has 3 rings (SSSR count). The van der Waals surface area contributed by atoms with Crippen molar-refractivity contribution >= 4 is 5.69 Å². The first kappa shape index (κ1) is 11.3. The van der Waals surface area contributed by atoms with E-state index in [-0.39, 0.29) is 0 Å². The van der Waals surface area contributed by atoms with Crippen LogP contribution in [0.15, 0.2) is 48.5 Å². The molecule has 0 bridgehead atoms. The molecule has 0 N–H and O–H groups in total. The van der Waals surface area contributed by atoms with Crippen molar-refractivity contribution in [1.29, 1.82) is 0 Å². The molecule has 1 aliphatic heterocycles. The van der Waals surface area contributed by atoms with Gasteiger partial charge < -0.3 is 4.90 Å². The van der Waals surface area contributed by atoms with Crippen LogP contribution in [-0.4, -0.2) is 13.1 Å². The highest BCUT2D eigenvalue weighted by Gasteiger charge is 2.19. The van der Waals surface area contributed by atoms with Gasteiger partial charge in [-0.1, -0.05) is 42.5 Å². The maximum Gasteiger partial charge on any atom is 0.0402 e. The first-order chi connectivity index (χ1) is 8.88. The number of rotatable bonds is 3. The Morgan fingerprint density at radius 1 is 1.00 bits per heavy atom. The molecular weight excluding hydrogens is 218 g/mol. The van der Waals surface area contributed by atoms with E-state index in [1.165, 1.54) is 29.8 Å². The zero-order valence-electron chi connectivity index (χ0n) is 10.9. The molecule has 0 saturated heterocycles. The van der Waals surface area contributed by atoms with E-state index in [2.05, 4.69) is 60.4 Å². The Labute approximate surface area is 109 Å². The summed E-state index contributed by atoms with van der Waals surface area (Å²) in [5.74, 6) is 0. The minimum absolute atomic E-state index is 1.06. The molecule has 0 amide bonds. The Kier molecular flexibility index (Phi) is 3.06. The molecule has 0 aromatic heterocycles. The second kappa shape index (κ2) is 4.85. The van der Waals surface area contributed by atoms with Crippen LogP contribution in [-0.2, 0) is 12.8 Å². The first-order valence-electron chi connectivity index (χ1n) is 6.78. The van der Waals surface area contributed by atoms with Crippen molar-refractivity contribution in [2.75, 3.05) is 18.0 Å². The normalized spacial score (nSPS) is 13.7. The molecule has 92 valence electrons. The van der Waals surface area contributed by atoms with Gasteiger partial charge in [0.15, 0.2) is 0 Å². The molecule has 0 aliphatic carbocycles. The molecule has 0 atom stereocenters. The predicted octanol–water partition coefficient (Wildman–Crippen LogP) is 3.66. The van der Waals surface area contributed by atoms with Crippen molar-refractivity contribution in [3.63, 3.8) is 0 Å². The van der Waals surface area contributed by atoms with E-state index in [1.54, 1.807) is 5.56 Å². The lowest BCUT2D eigenvalue weighted by molar-refractivity contribution is 0.867. The first-order valence-corrected chi connectivity index (χ1v) is 6.78. The van der Waals surface area contributed by atoms with Crippen molar-refractivity contribution in [3.8, 4) is 0 Å². The fourth-order valence-electron chi connectivity index (χ4n) is 2.88. The zero-order valence-corrected chi connectivity index (χ0v) is 10.9. The standard InChI is InChI=1S/C17H19N/c1-2-18-12-11-16-15(9-6-10-17(16)18)13-14-7-4-3-5-8-14/h3-10H,2,11-13H2,1H3. The van der Waals surface area contributed by atoms with Crippen molar-refractivity contribution < 1.29 is 0 Å². The average Bonchev–Trinajstić information content (AvgIpc) is 2.84. The minimum Gasteiger partial charge on any atom is -0.371 e. The van der Waals surface area contributed by atoms with Crippen LogP contribution in [0.3, 0.4) is 0 Å². The maximum absolute atomic E-state index is 2.48. The Bertz CT molecular complexity index is 531. The molecule has 0 radical (unpaired) electrons. The van der Waals surface area contributed by atoms with Crippen molar-refractivity contribution in [1.82, 2.24) is 0 Å². The van der Waals surface area contributed by atoms with E-state index in [0.717, 1.165) is 13.0 Å². The maximum atomic E-state index is 2.48. The van der Waals surface area contributed by atoms with Gasteiger partial charge in [-0.2, -0.15) is 0 Å². The van der Waals surface area contributed by atoms with Gasteiger partial charge in [-0.15, -0.1) is 0 Å². The van der Waals surface area contributed by atoms with E-state index in [0.29, 0.717) is 0 Å². The van der Waals surface area contributed by atoms with Gasteiger partial charge in [0.1, 0.15) is 0 Å². The number of likely N-dealkylation sites (N-methyl/N-ethyl adjacent to an activating group) is 1. The molecule has 0 fully saturated rings. The van der Waals surface area contributed by atoms with Gasteiger partial charge in [-0.25, -0.2) is 0 Å². The Hall–Kier alpha value is -1.76. The van der Waals surface area contributed by atoms with Crippen LogP contribution < -0.4 is 4.90 Å². The Balaban J connectivity index is 1.93. The van der Waals surface area contributed by atoms with Gasteiger partial charge in [0, 0.05) is 18.8 Å². The van der Waals surface area contributed by atoms with Crippen molar-refractivity contribution in [2.45, 2.75) is 19.8 Å². The lowest BCUT2D eigenvalue weighted by atomic mass is 9.98. The number of hydrogen-bond donors (Lipinski definition) is 0. The predicted molar refractivity (Wildman–Crippen MR) is 77.3 cm³/mol. The monoisotopic (exact) mass is 237 g/mol. The largest absolute Gasteiger partial charge is 0.371 e. The molecule has 1 heterocycles. The molecule has 0 spiro atoms. The summed E-state index contributed by atoms with van der Waals surface area (Å²) in [5.41, 5.74) is 5.91. The van der Waals surface area contributed by atoms with Gasteiger partial charge in [0.25, 0.3) is 0 Å². The summed E-state index contributed by atoms with van der Waals surface area (Å²) in [5, 5.41) is 0. The molecule has 1 heteroatoms. The number of hydrogen-bond acceptors (Lipinski definition) is 1. The van der Waals surface area contributed by atoms with E-state index >= 15 is 0 Å². The Morgan fingerprint density at radius 3 is 2.61 bits per heavy atom. The molecule has 2 aromatic carbocycles. The average molecular weight is 237 g/mol. The van der Waals surface area contributed by atoms with Gasteiger partial charge in [-0.05, 0) is 42.5 Å². The quantitative estimate of drug-likeness (QED) is 0.787. The van der Waals surface area contributed by atoms with Crippen molar-refractivity contribution in [3.05, 3.63) is 65.2 Å². The van der Waals surface area contributed by atoms with E-state index in [1.807, 2.05) is 0 Å². The molecule has 0 saturated carbocycles. The minimum atomic E-state index is 1.06. The van der Waals surface area contributed by atoms with Crippen molar-refractivity contribution in [2.24, 2.45) is 0 Å². The van der Waals surface area contributed by atoms with Crippen LogP contribution in [0.4, 0.5) is 5.69 Å². The topological polar surface area (TPSA) is 3.24 Å². The van der Waals surface area contributed by atoms with Gasteiger partial charge in [0.2, 0.25) is 0 Å². The summed E-state index contributed by atoms with van der Waals surface area (Å²) in [4.78, 5) is 2.48. The number of anilines is 1. The van der Waals surface area contributed by atoms with Gasteiger partial charge in [-0.3, -0.25) is 0 Å². The SMILES string of the molecule is CCN1CCc2c(Cc3ccccc3)cccc21. The number of nitrogens with zero attached hydrogens (tertiary/aromatic N) is 1. The molecule has 1 nitrogen and oxygen atoms in total. The van der Waals surface area contributed by atoms with Crippen LogP contribution in [0, 0.1) is 0 Å². The highest BCUT2D eigenvalue weighted by Crippen LogP contribution is 2.31. The summed E-state index contributed by atoms with van der Waals surface area (Å²) in [6.45, 7) is 4.53. The zero-order chi connectivity index (χ0) is 12.4. The fraction of sp³-hybridized carbons (Fsp3) is 0.294. The van der Waals surface area contributed by atoms with E-state index in [4.69, 9.17) is 0 Å². The smallest absolute Gasteiger partial charge is 0.0402 e. The lowest BCUT2D eigenvalue weighted by Gasteiger charge is -2.17. The third-order valence-electron chi connectivity index (χ3n) is 3.84. The second-order valence-corrected chi connectivity index (χ2v) is 4.91. The summed E-state index contributed by atoms with van der Waals surface area (Å²) in [6.07, 6.45) is 2.26. The molecule has 0 unspecified atom stereocenters. The van der Waals surface area contributed by atoms with Crippen LogP contribution in [0.1, 0.15) is 23.6 Å². The summed E-state index contributed by atoms with van der Waals surface area (Å²) >= 11 is 0. The summed E-state index contributed by atoms with van der Waals surface area (Å²) in [6, 6.07) is 17.5. The lowest BCUT2D eigenvalue weighted by Crippen LogP contribution is -2.18. The number of fused-ring (bicyclic) bond motifs is 1. The van der Waals surface area contributed by atoms with Crippen LogP contribution in [0.25, 0.3) is 0 Å². The highest BCUT2D eigenvalue weighted by atomic mass is 15.1. The summed E-state index contributed by atoms with van der Waals surface area (Å²) in [7, 11) is 0. The molecule has 2 aromatic rings. The fourth-order valence-corrected chi connectivity index (χ4v) is 2.88. The number of benzene rings is 2. The summed E-state index contributed by atoms with van der Waals surface area (Å²) < 4.78 is 0. The third-order valence-corrected chi connectivity index (χ3v) is 3.84. The van der Waals surface area contributed by atoms with Gasteiger partial charge >= 0.3 is 0 Å². The third kappa shape index (κ3) is 2.01. The second-order valence-electron chi connectivity index (χ2n) is 4.91. The Morgan fingerprint density at radius 2 is 1.83 bits per heavy atom. The van der Waals surface area contributed by atoms with Gasteiger partial charge in [0.05, 0.1) is 0 Å².